The molecule has 0 spiro atoms. The molecule has 0 saturated carbocycles. The summed E-state index contributed by atoms with van der Waals surface area (Å²) in [4.78, 5) is 23.3. The molecule has 0 saturated heterocycles. The fraction of sp³-hybridized carbons (Fsp3) is 0.909. The van der Waals surface area contributed by atoms with E-state index < -0.39 is 24.2 Å². The average molecular weight is 402 g/mol. The number of esters is 1. The van der Waals surface area contributed by atoms with E-state index in [0.29, 0.717) is 12.2 Å². The van der Waals surface area contributed by atoms with Crippen molar-refractivity contribution in [3.8, 4) is 0 Å². The maximum absolute atomic E-state index is 11.7. The first kappa shape index (κ1) is 27.0. The molecule has 6 heteroatoms. The summed E-state index contributed by atoms with van der Waals surface area (Å²) in [6.07, 6.45) is 13.7. The van der Waals surface area contributed by atoms with Crippen LogP contribution in [-0.4, -0.2) is 47.3 Å². The van der Waals surface area contributed by atoms with Gasteiger partial charge < -0.3 is 20.7 Å². The van der Waals surface area contributed by atoms with E-state index in [-0.39, 0.29) is 0 Å². The lowest BCUT2D eigenvalue weighted by atomic mass is 9.90. The van der Waals surface area contributed by atoms with Gasteiger partial charge in [0.25, 0.3) is 0 Å². The Morgan fingerprint density at radius 3 is 1.82 bits per heavy atom. The Hall–Kier alpha value is -0.980. The summed E-state index contributed by atoms with van der Waals surface area (Å²) in [5, 5.41) is 19.4. The molecule has 28 heavy (non-hydrogen) atoms. The summed E-state index contributed by atoms with van der Waals surface area (Å²) >= 11 is 0. The van der Waals surface area contributed by atoms with E-state index in [0.717, 1.165) is 70.6 Å². The van der Waals surface area contributed by atoms with Crippen LogP contribution in [0.1, 0.15) is 103 Å². The molecule has 0 aromatic heterocycles. The highest BCUT2D eigenvalue weighted by Gasteiger charge is 2.41. The third kappa shape index (κ3) is 11.8. The lowest BCUT2D eigenvalue weighted by Gasteiger charge is -2.29. The van der Waals surface area contributed by atoms with Gasteiger partial charge in [-0.05, 0) is 19.3 Å². The molecule has 0 aliphatic rings. The van der Waals surface area contributed by atoms with Crippen molar-refractivity contribution in [2.45, 2.75) is 115 Å². The number of rotatable bonds is 19. The number of ether oxygens (including phenoxy) is 1. The van der Waals surface area contributed by atoms with Crippen LogP contribution in [0.25, 0.3) is 0 Å². The van der Waals surface area contributed by atoms with Gasteiger partial charge in [-0.1, -0.05) is 71.1 Å². The Bertz CT molecular complexity index is 416. The Morgan fingerprint density at radius 1 is 0.893 bits per heavy atom. The van der Waals surface area contributed by atoms with Crippen molar-refractivity contribution in [2.75, 3.05) is 13.7 Å². The average Bonchev–Trinajstić information content (AvgIpc) is 2.70. The molecular formula is C22H43NO5. The zero-order valence-corrected chi connectivity index (χ0v) is 18.1. The summed E-state index contributed by atoms with van der Waals surface area (Å²) in [5.74, 6) is -0.373. The van der Waals surface area contributed by atoms with Crippen molar-refractivity contribution < 1.29 is 24.5 Å². The highest BCUT2D eigenvalue weighted by atomic mass is 16.5. The summed E-state index contributed by atoms with van der Waals surface area (Å²) in [7, 11) is 1.19. The number of carbonyl (C=O) groups is 2. The van der Waals surface area contributed by atoms with Gasteiger partial charge in [-0.25, -0.2) is 4.79 Å². The summed E-state index contributed by atoms with van der Waals surface area (Å²) < 4.78 is 4.56. The molecule has 0 bridgehead atoms. The lowest BCUT2D eigenvalue weighted by Crippen LogP contribution is -2.60. The highest BCUT2D eigenvalue weighted by molar-refractivity contribution is 5.81. The van der Waals surface area contributed by atoms with Crippen LogP contribution in [0, 0.1) is 0 Å². The van der Waals surface area contributed by atoms with Gasteiger partial charge in [-0.15, -0.1) is 0 Å². The Balaban J connectivity index is 3.57. The summed E-state index contributed by atoms with van der Waals surface area (Å²) in [5.41, 5.74) is 4.03. The third-order valence-electron chi connectivity index (χ3n) is 5.41. The van der Waals surface area contributed by atoms with Crippen molar-refractivity contribution in [3.05, 3.63) is 0 Å². The van der Waals surface area contributed by atoms with E-state index >= 15 is 0 Å². The molecule has 6 nitrogen and oxygen atoms in total. The molecule has 0 aromatic rings. The van der Waals surface area contributed by atoms with E-state index in [1.807, 2.05) is 0 Å². The van der Waals surface area contributed by atoms with E-state index in [9.17, 15) is 19.8 Å². The quantitative estimate of drug-likeness (QED) is 0.225. The lowest BCUT2D eigenvalue weighted by molar-refractivity contribution is -0.154. The van der Waals surface area contributed by atoms with Crippen LogP contribution >= 0.6 is 0 Å². The van der Waals surface area contributed by atoms with Gasteiger partial charge >= 0.3 is 5.97 Å². The monoisotopic (exact) mass is 401 g/mol. The molecule has 0 aliphatic carbocycles. The van der Waals surface area contributed by atoms with Gasteiger partial charge in [0.1, 0.15) is 5.78 Å². The number of hydrogen-bond donors (Lipinski definition) is 3. The zero-order chi connectivity index (χ0) is 21.3. The molecule has 0 rings (SSSR count). The number of aliphatic hydroxyl groups excluding tert-OH is 2. The van der Waals surface area contributed by atoms with Crippen LogP contribution < -0.4 is 5.73 Å². The van der Waals surface area contributed by atoms with Crippen LogP contribution in [0.3, 0.4) is 0 Å². The molecule has 0 unspecified atom stereocenters. The Labute approximate surface area is 171 Å². The molecule has 0 aliphatic heterocycles. The van der Waals surface area contributed by atoms with Gasteiger partial charge in [-0.2, -0.15) is 0 Å². The minimum absolute atomic E-state index is 0.368. The number of carbonyl (C=O) groups excluding carboxylic acids is 2. The maximum atomic E-state index is 11.7. The van der Waals surface area contributed by atoms with Crippen molar-refractivity contribution in [2.24, 2.45) is 5.73 Å². The number of unbranched alkanes of at least 4 members (excludes halogenated alkanes) is 10. The normalized spacial score (nSPS) is 14.5. The smallest absolute Gasteiger partial charge is 0.330 e. The number of Topliss-reactive ketones (excluding diaryl/α,β-unsaturated/α-hetero) is 1. The van der Waals surface area contributed by atoms with Crippen LogP contribution in [0.5, 0.6) is 0 Å². The highest BCUT2D eigenvalue weighted by Crippen LogP contribution is 2.17. The number of methoxy groups -OCH3 is 1. The standard InChI is InChI=1S/C22H43NO5/c1-3-4-5-12-15-19(25)16-13-10-8-6-7-9-11-14-17-20(26)22(23,18-24)21(27)28-2/h20,24,26H,3-18,23H2,1-2H3/t20-,22-/m0/s1. The van der Waals surface area contributed by atoms with Gasteiger partial charge in [0.05, 0.1) is 19.8 Å². The summed E-state index contributed by atoms with van der Waals surface area (Å²) in [6.45, 7) is 1.54. The van der Waals surface area contributed by atoms with Crippen molar-refractivity contribution in [1.29, 1.82) is 0 Å². The first-order valence-corrected chi connectivity index (χ1v) is 11.1. The predicted molar refractivity (Wildman–Crippen MR) is 112 cm³/mol. The largest absolute Gasteiger partial charge is 0.468 e. The topological polar surface area (TPSA) is 110 Å². The van der Waals surface area contributed by atoms with E-state index in [4.69, 9.17) is 5.73 Å². The number of hydrogen-bond acceptors (Lipinski definition) is 6. The van der Waals surface area contributed by atoms with Crippen LogP contribution in [0.2, 0.25) is 0 Å². The maximum Gasteiger partial charge on any atom is 0.330 e. The SMILES string of the molecule is CCCCCCC(=O)CCCCCCCCCC[C@H](O)[C@@](N)(CO)C(=O)OC. The second kappa shape index (κ2) is 16.9. The molecule has 4 N–H and O–H groups in total. The van der Waals surface area contributed by atoms with Gasteiger partial charge in [0.2, 0.25) is 0 Å². The third-order valence-corrected chi connectivity index (χ3v) is 5.41. The van der Waals surface area contributed by atoms with Crippen LogP contribution in [0.4, 0.5) is 0 Å². The van der Waals surface area contributed by atoms with Crippen LogP contribution in [0.15, 0.2) is 0 Å². The molecule has 0 radical (unpaired) electrons. The molecule has 0 fully saturated rings. The first-order valence-electron chi connectivity index (χ1n) is 11.1. The number of nitrogens with two attached hydrogens (primary N) is 1. The van der Waals surface area contributed by atoms with Crippen molar-refractivity contribution >= 4 is 11.8 Å². The van der Waals surface area contributed by atoms with Crippen molar-refractivity contribution in [3.63, 3.8) is 0 Å². The fourth-order valence-corrected chi connectivity index (χ4v) is 3.35. The van der Waals surface area contributed by atoms with E-state index in [1.165, 1.54) is 26.4 Å². The van der Waals surface area contributed by atoms with E-state index in [1.54, 1.807) is 0 Å². The zero-order valence-electron chi connectivity index (χ0n) is 18.1. The van der Waals surface area contributed by atoms with Crippen LogP contribution in [-0.2, 0) is 14.3 Å². The number of ketones is 1. The molecule has 0 aromatic carbocycles. The van der Waals surface area contributed by atoms with Gasteiger partial charge in [0, 0.05) is 12.8 Å². The predicted octanol–water partition coefficient (Wildman–Crippen LogP) is 3.65. The Morgan fingerprint density at radius 2 is 1.36 bits per heavy atom. The van der Waals surface area contributed by atoms with Crippen molar-refractivity contribution in [1.82, 2.24) is 0 Å². The minimum Gasteiger partial charge on any atom is -0.468 e. The Kier molecular flexibility index (Phi) is 16.3. The van der Waals surface area contributed by atoms with Gasteiger partial charge in [-0.3, -0.25) is 4.79 Å². The molecule has 0 amide bonds. The molecule has 166 valence electrons. The molecule has 0 heterocycles. The second-order valence-electron chi connectivity index (χ2n) is 7.92. The first-order chi connectivity index (χ1) is 13.4. The fourth-order valence-electron chi connectivity index (χ4n) is 3.35. The summed E-state index contributed by atoms with van der Waals surface area (Å²) in [6, 6.07) is 0. The van der Waals surface area contributed by atoms with E-state index in [2.05, 4.69) is 11.7 Å². The minimum atomic E-state index is -1.73. The second-order valence-corrected chi connectivity index (χ2v) is 7.92. The van der Waals surface area contributed by atoms with Gasteiger partial charge in [0.15, 0.2) is 5.54 Å². The molecule has 2 atom stereocenters. The number of aliphatic hydroxyl groups is 2. The molecular weight excluding hydrogens is 358 g/mol.